The summed E-state index contributed by atoms with van der Waals surface area (Å²) in [7, 11) is -4.92. The molecule has 2 aromatic carbocycles. The van der Waals surface area contributed by atoms with Crippen LogP contribution in [0.5, 0.6) is 0 Å². The predicted octanol–water partition coefficient (Wildman–Crippen LogP) is 4.35. The van der Waals surface area contributed by atoms with Crippen LogP contribution in [0, 0.1) is 0 Å². The van der Waals surface area contributed by atoms with Crippen LogP contribution >= 0.6 is 0 Å². The Morgan fingerprint density at radius 1 is 1.00 bits per heavy atom. The van der Waals surface area contributed by atoms with E-state index < -0.39 is 37.1 Å². The summed E-state index contributed by atoms with van der Waals surface area (Å²) in [5.41, 5.74) is -0.608. The molecule has 180 valence electrons. The zero-order chi connectivity index (χ0) is 24.1. The second-order valence-corrected chi connectivity index (χ2v) is 9.73. The fraction of sp³-hybridized carbons (Fsp3) is 0.435. The van der Waals surface area contributed by atoms with Gasteiger partial charge < -0.3 is 9.80 Å². The van der Waals surface area contributed by atoms with Crippen molar-refractivity contribution in [3.8, 4) is 0 Å². The quantitative estimate of drug-likeness (QED) is 0.550. The van der Waals surface area contributed by atoms with Crippen LogP contribution in [-0.4, -0.2) is 63.1 Å². The average Bonchev–Trinajstić information content (AvgIpc) is 3.02. The van der Waals surface area contributed by atoms with Gasteiger partial charge in [-0.05, 0) is 56.3 Å². The van der Waals surface area contributed by atoms with Gasteiger partial charge in [0.15, 0.2) is 0 Å². The number of anilines is 1. The third-order valence-corrected chi connectivity index (χ3v) is 7.31. The summed E-state index contributed by atoms with van der Waals surface area (Å²) in [5, 5.41) is 0. The van der Waals surface area contributed by atoms with E-state index in [-0.39, 0.29) is 5.56 Å². The summed E-state index contributed by atoms with van der Waals surface area (Å²) >= 11 is 0. The number of alkyl halides is 3. The second kappa shape index (κ2) is 10.6. The molecule has 1 saturated heterocycles. The number of benzene rings is 2. The molecular weight excluding hydrogens is 455 g/mol. The molecule has 1 heterocycles. The number of hydrogen-bond donors (Lipinski definition) is 0. The number of amides is 1. The van der Waals surface area contributed by atoms with E-state index in [9.17, 15) is 26.4 Å². The Hall–Kier alpha value is -2.59. The van der Waals surface area contributed by atoms with Crippen LogP contribution in [0.15, 0.2) is 59.5 Å². The van der Waals surface area contributed by atoms with Crippen LogP contribution in [0.3, 0.4) is 0 Å². The number of carbonyl (C=O) groups excluding carboxylic acids is 1. The Bertz CT molecular complexity index is 1050. The van der Waals surface area contributed by atoms with E-state index in [1.807, 2.05) is 0 Å². The van der Waals surface area contributed by atoms with Crippen LogP contribution in [0.2, 0.25) is 0 Å². The molecule has 10 heteroatoms. The molecule has 33 heavy (non-hydrogen) atoms. The minimum absolute atomic E-state index is 0.0204. The summed E-state index contributed by atoms with van der Waals surface area (Å²) < 4.78 is 66.8. The smallest absolute Gasteiger partial charge is 0.337 e. The standard InChI is InChI=1S/C23H28F3N3O3S/c1-2-3-13-27-14-8-15-28(17-16-27)22(30)19-9-7-10-20(18-19)29(23(24,25)26)33(31,32)21-11-5-4-6-12-21/h4-7,9-12,18H,2-3,8,13-17H2,1H3. The third kappa shape index (κ3) is 6.05. The molecule has 0 atom stereocenters. The first-order valence-electron chi connectivity index (χ1n) is 10.9. The van der Waals surface area contributed by atoms with E-state index in [1.165, 1.54) is 30.3 Å². The highest BCUT2D eigenvalue weighted by Gasteiger charge is 2.46. The lowest BCUT2D eigenvalue weighted by molar-refractivity contribution is -0.115. The van der Waals surface area contributed by atoms with Crippen molar-refractivity contribution < 1.29 is 26.4 Å². The average molecular weight is 484 g/mol. The van der Waals surface area contributed by atoms with Crippen LogP contribution in [0.1, 0.15) is 36.5 Å². The summed E-state index contributed by atoms with van der Waals surface area (Å²) in [5.74, 6) is -0.409. The molecule has 6 nitrogen and oxygen atoms in total. The third-order valence-electron chi connectivity index (χ3n) is 5.54. The van der Waals surface area contributed by atoms with Gasteiger partial charge in [-0.15, -0.1) is 13.2 Å². The normalized spacial score (nSPS) is 15.8. The van der Waals surface area contributed by atoms with Crippen molar-refractivity contribution in [2.75, 3.05) is 37.0 Å². The molecule has 0 bridgehead atoms. The van der Waals surface area contributed by atoms with Crippen molar-refractivity contribution in [1.29, 1.82) is 0 Å². The van der Waals surface area contributed by atoms with E-state index in [0.29, 0.717) is 19.6 Å². The van der Waals surface area contributed by atoms with Crippen molar-refractivity contribution in [2.24, 2.45) is 0 Å². The summed E-state index contributed by atoms with van der Waals surface area (Å²) in [6, 6.07) is 11.1. The Kier molecular flexibility index (Phi) is 8.01. The number of hydrogen-bond acceptors (Lipinski definition) is 4. The molecule has 1 amide bonds. The van der Waals surface area contributed by atoms with Gasteiger partial charge in [0.25, 0.3) is 15.9 Å². The number of carbonyl (C=O) groups is 1. The molecule has 3 rings (SSSR count). The maximum Gasteiger partial charge on any atom is 0.498 e. The van der Waals surface area contributed by atoms with E-state index in [1.54, 1.807) is 4.90 Å². The summed E-state index contributed by atoms with van der Waals surface area (Å²) in [4.78, 5) is 16.5. The summed E-state index contributed by atoms with van der Waals surface area (Å²) in [6.45, 7) is 5.59. The fourth-order valence-electron chi connectivity index (χ4n) is 3.85. The monoisotopic (exact) mass is 483 g/mol. The van der Waals surface area contributed by atoms with Gasteiger partial charge in [0.05, 0.1) is 10.6 Å². The largest absolute Gasteiger partial charge is 0.498 e. The van der Waals surface area contributed by atoms with Crippen molar-refractivity contribution >= 4 is 21.6 Å². The number of halogens is 3. The molecular formula is C23H28F3N3O3S. The van der Waals surface area contributed by atoms with Crippen molar-refractivity contribution in [3.05, 3.63) is 60.2 Å². The van der Waals surface area contributed by atoms with Gasteiger partial charge in [-0.2, -0.15) is 4.31 Å². The summed E-state index contributed by atoms with van der Waals surface area (Å²) in [6.07, 6.45) is -2.29. The number of nitrogens with zero attached hydrogens (tertiary/aromatic N) is 3. The first-order valence-corrected chi connectivity index (χ1v) is 12.4. The minimum Gasteiger partial charge on any atom is -0.337 e. The Morgan fingerprint density at radius 2 is 1.73 bits per heavy atom. The Morgan fingerprint density at radius 3 is 2.39 bits per heavy atom. The number of unbranched alkanes of at least 4 members (excludes halogenated alkanes) is 1. The maximum atomic E-state index is 13.9. The highest BCUT2D eigenvalue weighted by atomic mass is 32.2. The van der Waals surface area contributed by atoms with Crippen LogP contribution in [0.25, 0.3) is 0 Å². The molecule has 0 saturated carbocycles. The fourth-order valence-corrected chi connectivity index (χ4v) is 5.22. The molecule has 0 N–H and O–H groups in total. The predicted molar refractivity (Wildman–Crippen MR) is 120 cm³/mol. The van der Waals surface area contributed by atoms with Gasteiger partial charge in [-0.1, -0.05) is 37.6 Å². The van der Waals surface area contributed by atoms with Crippen molar-refractivity contribution in [1.82, 2.24) is 9.80 Å². The Labute approximate surface area is 192 Å². The first kappa shape index (κ1) is 25.0. The maximum absolute atomic E-state index is 13.9. The van der Waals surface area contributed by atoms with Crippen LogP contribution in [0.4, 0.5) is 18.9 Å². The van der Waals surface area contributed by atoms with Crippen molar-refractivity contribution in [3.63, 3.8) is 0 Å². The molecule has 0 aromatic heterocycles. The molecule has 1 fully saturated rings. The lowest BCUT2D eigenvalue weighted by atomic mass is 10.1. The second-order valence-electron chi connectivity index (χ2n) is 7.94. The van der Waals surface area contributed by atoms with E-state index >= 15 is 0 Å². The topological polar surface area (TPSA) is 60.9 Å². The van der Waals surface area contributed by atoms with Gasteiger partial charge in [-0.25, -0.2) is 8.42 Å². The Balaban J connectivity index is 1.87. The zero-order valence-corrected chi connectivity index (χ0v) is 19.3. The molecule has 0 unspecified atom stereocenters. The minimum atomic E-state index is -5.21. The van der Waals surface area contributed by atoms with Gasteiger partial charge in [0.1, 0.15) is 0 Å². The van der Waals surface area contributed by atoms with Gasteiger partial charge in [-0.3, -0.25) is 4.79 Å². The lowest BCUT2D eigenvalue weighted by Crippen LogP contribution is -2.43. The van der Waals surface area contributed by atoms with Crippen LogP contribution in [-0.2, 0) is 10.0 Å². The number of sulfonamides is 1. The van der Waals surface area contributed by atoms with Gasteiger partial charge in [0, 0.05) is 25.2 Å². The highest BCUT2D eigenvalue weighted by molar-refractivity contribution is 7.92. The van der Waals surface area contributed by atoms with E-state index in [0.717, 1.165) is 56.6 Å². The van der Waals surface area contributed by atoms with E-state index in [4.69, 9.17) is 0 Å². The first-order chi connectivity index (χ1) is 15.6. The SMILES string of the molecule is CCCCN1CCCN(C(=O)c2cccc(N(C(F)(F)F)S(=O)(=O)c3ccccc3)c2)CC1. The van der Waals surface area contributed by atoms with E-state index in [2.05, 4.69) is 11.8 Å². The highest BCUT2D eigenvalue weighted by Crippen LogP contribution is 2.35. The molecule has 1 aliphatic heterocycles. The molecule has 2 aromatic rings. The van der Waals surface area contributed by atoms with Gasteiger partial charge >= 0.3 is 6.30 Å². The van der Waals surface area contributed by atoms with Crippen molar-refractivity contribution in [2.45, 2.75) is 37.4 Å². The molecule has 0 spiro atoms. The zero-order valence-electron chi connectivity index (χ0n) is 18.5. The van der Waals surface area contributed by atoms with Gasteiger partial charge in [0.2, 0.25) is 0 Å². The molecule has 0 aliphatic carbocycles. The lowest BCUT2D eigenvalue weighted by Gasteiger charge is -2.27. The molecule has 0 radical (unpaired) electrons. The molecule has 1 aliphatic rings. The van der Waals surface area contributed by atoms with Crippen LogP contribution < -0.4 is 4.31 Å². The number of rotatable bonds is 7.